The van der Waals surface area contributed by atoms with E-state index in [1.807, 2.05) is 30.3 Å². The van der Waals surface area contributed by atoms with Crippen molar-refractivity contribution >= 4 is 18.0 Å². The average molecular weight is 377 g/mol. The predicted molar refractivity (Wildman–Crippen MR) is 100 cm³/mol. The fraction of sp³-hybridized carbons (Fsp3) is 0.450. The molecule has 0 bridgehead atoms. The molecule has 1 amide bonds. The molecule has 0 radical (unpaired) electrons. The van der Waals surface area contributed by atoms with Crippen molar-refractivity contribution in [3.63, 3.8) is 0 Å². The van der Waals surface area contributed by atoms with E-state index in [1.165, 1.54) is 0 Å². The molecule has 1 aromatic rings. The maximum Gasteiger partial charge on any atom is 0.407 e. The third-order valence-electron chi connectivity index (χ3n) is 3.12. The summed E-state index contributed by atoms with van der Waals surface area (Å²) in [5.41, 5.74) is 0.972. The van der Waals surface area contributed by atoms with E-state index >= 15 is 0 Å². The molecule has 0 heterocycles. The highest BCUT2D eigenvalue weighted by Gasteiger charge is 2.17. The molecule has 0 unspecified atom stereocenters. The van der Waals surface area contributed by atoms with Crippen LogP contribution in [0, 0.1) is 0 Å². The number of alkyl carbamates (subject to hydrolysis) is 1. The van der Waals surface area contributed by atoms with Crippen LogP contribution in [0.15, 0.2) is 42.5 Å². The molecule has 0 aliphatic carbocycles. The van der Waals surface area contributed by atoms with Gasteiger partial charge in [-0.2, -0.15) is 0 Å². The zero-order chi connectivity index (χ0) is 20.2. The molecule has 0 aromatic heterocycles. The lowest BCUT2D eigenvalue weighted by molar-refractivity contribution is -0.143. The number of carbonyl (C=O) groups excluding carboxylic acids is 3. The SMILES string of the molecule is CC(C)OC(=O)/C=C/C(=O)OC[C@H](Cc1ccccc1)NC(=O)OC(C)C. The quantitative estimate of drug-likeness (QED) is 0.404. The summed E-state index contributed by atoms with van der Waals surface area (Å²) in [5, 5.41) is 2.69. The molecule has 0 saturated heterocycles. The Kier molecular flexibility index (Phi) is 9.64. The number of hydrogen-bond acceptors (Lipinski definition) is 6. The van der Waals surface area contributed by atoms with Crippen molar-refractivity contribution in [2.75, 3.05) is 6.61 Å². The Morgan fingerprint density at radius 1 is 0.926 bits per heavy atom. The van der Waals surface area contributed by atoms with Crippen molar-refractivity contribution in [1.29, 1.82) is 0 Å². The molecular formula is C20H27NO6. The maximum absolute atomic E-state index is 11.9. The van der Waals surface area contributed by atoms with Gasteiger partial charge in [0, 0.05) is 12.2 Å². The van der Waals surface area contributed by atoms with Gasteiger partial charge in [-0.3, -0.25) is 0 Å². The van der Waals surface area contributed by atoms with Crippen molar-refractivity contribution in [3.05, 3.63) is 48.0 Å². The maximum atomic E-state index is 11.9. The second-order valence-electron chi connectivity index (χ2n) is 6.43. The first-order valence-corrected chi connectivity index (χ1v) is 8.82. The molecule has 7 nitrogen and oxygen atoms in total. The highest BCUT2D eigenvalue weighted by molar-refractivity contribution is 5.91. The molecule has 1 rings (SSSR count). The zero-order valence-corrected chi connectivity index (χ0v) is 16.1. The van der Waals surface area contributed by atoms with E-state index in [1.54, 1.807) is 27.7 Å². The molecule has 148 valence electrons. The zero-order valence-electron chi connectivity index (χ0n) is 16.1. The van der Waals surface area contributed by atoms with Crippen LogP contribution in [0.1, 0.15) is 33.3 Å². The standard InChI is InChI=1S/C20H27NO6/c1-14(2)26-19(23)11-10-18(22)25-13-17(21-20(24)27-15(3)4)12-16-8-6-5-7-9-16/h5-11,14-15,17H,12-13H2,1-4H3,(H,21,24)/b11-10+/t17-/m0/s1. The normalized spacial score (nSPS) is 12.1. The van der Waals surface area contributed by atoms with Gasteiger partial charge in [-0.05, 0) is 39.7 Å². The minimum atomic E-state index is -0.701. The molecule has 0 aliphatic rings. The van der Waals surface area contributed by atoms with Gasteiger partial charge in [-0.1, -0.05) is 30.3 Å². The number of rotatable bonds is 9. The van der Waals surface area contributed by atoms with E-state index in [2.05, 4.69) is 5.32 Å². The van der Waals surface area contributed by atoms with Gasteiger partial charge in [-0.15, -0.1) is 0 Å². The lowest BCUT2D eigenvalue weighted by Crippen LogP contribution is -2.41. The van der Waals surface area contributed by atoms with Gasteiger partial charge in [0.1, 0.15) is 6.61 Å². The van der Waals surface area contributed by atoms with Crippen LogP contribution >= 0.6 is 0 Å². The Labute approximate surface area is 159 Å². The molecule has 1 N–H and O–H groups in total. The van der Waals surface area contributed by atoms with Crippen LogP contribution in [0.2, 0.25) is 0 Å². The van der Waals surface area contributed by atoms with Gasteiger partial charge in [-0.25, -0.2) is 14.4 Å². The summed E-state index contributed by atoms with van der Waals surface area (Å²) in [5.74, 6) is -1.32. The van der Waals surface area contributed by atoms with Gasteiger partial charge in [0.05, 0.1) is 18.2 Å². The monoisotopic (exact) mass is 377 g/mol. The van der Waals surface area contributed by atoms with Gasteiger partial charge in [0.15, 0.2) is 0 Å². The first-order valence-electron chi connectivity index (χ1n) is 8.82. The fourth-order valence-corrected chi connectivity index (χ4v) is 2.10. The highest BCUT2D eigenvalue weighted by Crippen LogP contribution is 2.05. The van der Waals surface area contributed by atoms with E-state index in [4.69, 9.17) is 14.2 Å². The van der Waals surface area contributed by atoms with Crippen LogP contribution in [0.5, 0.6) is 0 Å². The predicted octanol–water partition coefficient (Wildman–Crippen LogP) is 2.78. The van der Waals surface area contributed by atoms with E-state index in [9.17, 15) is 14.4 Å². The molecule has 0 fully saturated rings. The van der Waals surface area contributed by atoms with Crippen LogP contribution < -0.4 is 5.32 Å². The summed E-state index contributed by atoms with van der Waals surface area (Å²) in [4.78, 5) is 35.1. The van der Waals surface area contributed by atoms with Crippen molar-refractivity contribution in [1.82, 2.24) is 5.32 Å². The largest absolute Gasteiger partial charge is 0.460 e. The Hall–Kier alpha value is -2.83. The summed E-state index contributed by atoms with van der Waals surface area (Å²) >= 11 is 0. The third-order valence-corrected chi connectivity index (χ3v) is 3.12. The van der Waals surface area contributed by atoms with Crippen LogP contribution in [0.25, 0.3) is 0 Å². The molecule has 0 saturated carbocycles. The second-order valence-corrected chi connectivity index (χ2v) is 6.43. The Morgan fingerprint density at radius 2 is 1.52 bits per heavy atom. The number of esters is 2. The minimum Gasteiger partial charge on any atom is -0.460 e. The number of benzene rings is 1. The summed E-state index contributed by atoms with van der Waals surface area (Å²) < 4.78 is 15.1. The smallest absolute Gasteiger partial charge is 0.407 e. The summed E-state index contributed by atoms with van der Waals surface area (Å²) in [7, 11) is 0. The lowest BCUT2D eigenvalue weighted by Gasteiger charge is -2.19. The number of amides is 1. The van der Waals surface area contributed by atoms with Crippen LogP contribution in [0.3, 0.4) is 0 Å². The van der Waals surface area contributed by atoms with Gasteiger partial charge >= 0.3 is 18.0 Å². The van der Waals surface area contributed by atoms with Gasteiger partial charge in [0.2, 0.25) is 0 Å². The molecule has 7 heteroatoms. The first kappa shape index (κ1) is 22.2. The van der Waals surface area contributed by atoms with Gasteiger partial charge < -0.3 is 19.5 Å². The summed E-state index contributed by atoms with van der Waals surface area (Å²) in [6.45, 7) is 6.84. The topological polar surface area (TPSA) is 90.9 Å². The number of hydrogen-bond donors (Lipinski definition) is 1. The van der Waals surface area contributed by atoms with Crippen molar-refractivity contribution < 1.29 is 28.6 Å². The third kappa shape index (κ3) is 10.7. The summed E-state index contributed by atoms with van der Waals surface area (Å²) in [6, 6.07) is 9.00. The Balaban J connectivity index is 2.61. The molecule has 0 spiro atoms. The molecule has 1 aromatic carbocycles. The van der Waals surface area contributed by atoms with Crippen LogP contribution in [0.4, 0.5) is 4.79 Å². The number of nitrogens with one attached hydrogen (secondary N) is 1. The van der Waals surface area contributed by atoms with Gasteiger partial charge in [0.25, 0.3) is 0 Å². The summed E-state index contributed by atoms with van der Waals surface area (Å²) in [6.07, 6.45) is 1.34. The van der Waals surface area contributed by atoms with Crippen molar-refractivity contribution in [2.24, 2.45) is 0 Å². The van der Waals surface area contributed by atoms with Crippen molar-refractivity contribution in [3.8, 4) is 0 Å². The van der Waals surface area contributed by atoms with E-state index in [0.29, 0.717) is 6.42 Å². The van der Waals surface area contributed by atoms with E-state index < -0.39 is 24.1 Å². The average Bonchev–Trinajstić information content (AvgIpc) is 2.57. The van der Waals surface area contributed by atoms with E-state index in [0.717, 1.165) is 17.7 Å². The molecule has 0 aliphatic heterocycles. The van der Waals surface area contributed by atoms with Crippen molar-refractivity contribution in [2.45, 2.75) is 52.4 Å². The van der Waals surface area contributed by atoms with Crippen LogP contribution in [-0.2, 0) is 30.2 Å². The fourth-order valence-electron chi connectivity index (χ4n) is 2.10. The minimum absolute atomic E-state index is 0.0650. The first-order chi connectivity index (χ1) is 12.8. The highest BCUT2D eigenvalue weighted by atomic mass is 16.6. The molecular weight excluding hydrogens is 350 g/mol. The number of ether oxygens (including phenoxy) is 3. The Bertz CT molecular complexity index is 639. The molecule has 1 atom stereocenters. The lowest BCUT2D eigenvalue weighted by atomic mass is 10.1. The molecule has 27 heavy (non-hydrogen) atoms. The van der Waals surface area contributed by atoms with E-state index in [-0.39, 0.29) is 18.8 Å². The van der Waals surface area contributed by atoms with Crippen LogP contribution in [-0.4, -0.2) is 42.9 Å². The second kappa shape index (κ2) is 11.7. The Morgan fingerprint density at radius 3 is 2.11 bits per heavy atom. The number of carbonyl (C=O) groups is 3.